The SMILES string of the molecule is CC1(C)c2cc(-c3nc(-c4ccccc4)nc(-c4ccc(-c5cccc6c5Oc5ccccc5C65c6ccccc6-c6ccccc65)cc4)n3)ccc2-c2c(-c3cccc4c3-c3ccccc3C43c4ccccc4Oc4c(-c5cccc(-c6nc(-c7ccccc7)nc(-c7ccccc7)n6)c5)cccc43)cccc21. The zero-order chi connectivity index (χ0) is 72.1. The Morgan fingerprint density at radius 2 is 0.495 bits per heavy atom. The van der Waals surface area contributed by atoms with Crippen molar-refractivity contribution in [3.8, 4) is 158 Å². The molecule has 510 valence electrons. The fourth-order valence-corrected chi connectivity index (χ4v) is 18.6. The Labute approximate surface area is 631 Å². The number of hydrogen-bond acceptors (Lipinski definition) is 8. The van der Waals surface area contributed by atoms with Crippen LogP contribution in [0.4, 0.5) is 0 Å². The Morgan fingerprint density at radius 3 is 1.01 bits per heavy atom. The van der Waals surface area contributed by atoms with E-state index in [2.05, 4.69) is 287 Å². The van der Waals surface area contributed by atoms with Crippen LogP contribution in [-0.2, 0) is 16.2 Å². The molecule has 1 atom stereocenters. The summed E-state index contributed by atoms with van der Waals surface area (Å²) in [6.07, 6.45) is 0. The minimum absolute atomic E-state index is 0.404. The Balaban J connectivity index is 0.644. The molecule has 0 fully saturated rings. The summed E-state index contributed by atoms with van der Waals surface area (Å²) in [6, 6.07) is 126. The summed E-state index contributed by atoms with van der Waals surface area (Å²) in [5, 5.41) is 0. The lowest BCUT2D eigenvalue weighted by Gasteiger charge is -2.40. The monoisotopic (exact) mass is 1390 g/mol. The van der Waals surface area contributed by atoms with Gasteiger partial charge >= 0.3 is 0 Å². The average Bonchev–Trinajstić information content (AvgIpc) is 1.54. The topological polar surface area (TPSA) is 95.8 Å². The molecule has 109 heavy (non-hydrogen) atoms. The van der Waals surface area contributed by atoms with E-state index in [1.165, 1.54) is 77.9 Å². The number of fused-ring (bicyclic) bond motifs is 21. The molecule has 0 bridgehead atoms. The minimum Gasteiger partial charge on any atom is -0.456 e. The number of rotatable bonds is 9. The van der Waals surface area contributed by atoms with E-state index < -0.39 is 16.2 Å². The van der Waals surface area contributed by atoms with Gasteiger partial charge in [-0.25, -0.2) is 29.9 Å². The zero-order valence-electron chi connectivity index (χ0n) is 59.5. The summed E-state index contributed by atoms with van der Waals surface area (Å²) in [5.74, 6) is 6.92. The lowest BCUT2D eigenvalue weighted by Crippen LogP contribution is -2.32. The van der Waals surface area contributed by atoms with E-state index in [0.717, 1.165) is 101 Å². The van der Waals surface area contributed by atoms with E-state index in [1.54, 1.807) is 0 Å². The predicted molar refractivity (Wildman–Crippen MR) is 434 cm³/mol. The van der Waals surface area contributed by atoms with Crippen LogP contribution in [0.15, 0.2) is 352 Å². The second kappa shape index (κ2) is 24.0. The maximum Gasteiger partial charge on any atom is 0.164 e. The van der Waals surface area contributed by atoms with Crippen molar-refractivity contribution in [2.45, 2.75) is 30.1 Å². The largest absolute Gasteiger partial charge is 0.456 e. The normalized spacial score (nSPS) is 14.8. The molecule has 17 aromatic rings. The van der Waals surface area contributed by atoms with E-state index in [9.17, 15) is 0 Å². The summed E-state index contributed by atoms with van der Waals surface area (Å²) in [5.41, 5.74) is 29.1. The summed E-state index contributed by atoms with van der Waals surface area (Å²) in [7, 11) is 0. The van der Waals surface area contributed by atoms with Crippen LogP contribution in [0.1, 0.15) is 69.5 Å². The van der Waals surface area contributed by atoms with Gasteiger partial charge in [0.15, 0.2) is 34.9 Å². The molecule has 2 aromatic heterocycles. The highest BCUT2D eigenvalue weighted by Crippen LogP contribution is 2.67. The Bertz CT molecular complexity index is 6550. The van der Waals surface area contributed by atoms with Gasteiger partial charge in [-0.1, -0.05) is 341 Å². The van der Waals surface area contributed by atoms with Crippen molar-refractivity contribution < 1.29 is 9.47 Å². The molecule has 2 aliphatic heterocycles. The smallest absolute Gasteiger partial charge is 0.164 e. The first kappa shape index (κ1) is 62.3. The van der Waals surface area contributed by atoms with E-state index in [4.69, 9.17) is 39.4 Å². The number of aromatic nitrogens is 6. The molecular formula is C101H64N6O2. The second-order valence-electron chi connectivity index (χ2n) is 29.4. The summed E-state index contributed by atoms with van der Waals surface area (Å²) in [4.78, 5) is 31.3. The molecule has 0 N–H and O–H groups in total. The molecule has 0 saturated carbocycles. The number of hydrogen-bond donors (Lipinski definition) is 0. The number of para-hydroxylation sites is 4. The third-order valence-corrected chi connectivity index (χ3v) is 23.4. The third-order valence-electron chi connectivity index (χ3n) is 23.4. The van der Waals surface area contributed by atoms with Crippen LogP contribution < -0.4 is 9.47 Å². The van der Waals surface area contributed by atoms with Crippen molar-refractivity contribution in [1.29, 1.82) is 0 Å². The lowest BCUT2D eigenvalue weighted by molar-refractivity contribution is 0.438. The molecule has 5 aliphatic rings. The summed E-state index contributed by atoms with van der Waals surface area (Å²) < 4.78 is 14.4. The molecule has 0 saturated heterocycles. The van der Waals surface area contributed by atoms with E-state index in [-0.39, 0.29) is 0 Å². The van der Waals surface area contributed by atoms with Crippen LogP contribution in [0.5, 0.6) is 23.0 Å². The first-order valence-corrected chi connectivity index (χ1v) is 37.2. The summed E-state index contributed by atoms with van der Waals surface area (Å²) in [6.45, 7) is 4.72. The van der Waals surface area contributed by atoms with Gasteiger partial charge in [0.2, 0.25) is 0 Å². The van der Waals surface area contributed by atoms with Crippen molar-refractivity contribution in [1.82, 2.24) is 29.9 Å². The minimum atomic E-state index is -0.762. The van der Waals surface area contributed by atoms with Crippen LogP contribution in [0.2, 0.25) is 0 Å². The van der Waals surface area contributed by atoms with Crippen molar-refractivity contribution in [2.75, 3.05) is 0 Å². The number of nitrogens with zero attached hydrogens (tertiary/aromatic N) is 6. The van der Waals surface area contributed by atoms with Gasteiger partial charge in [-0.2, -0.15) is 0 Å². The molecule has 22 rings (SSSR count). The van der Waals surface area contributed by atoms with Crippen LogP contribution in [0, 0.1) is 0 Å². The molecule has 8 nitrogen and oxygen atoms in total. The van der Waals surface area contributed by atoms with Gasteiger partial charge in [0.25, 0.3) is 0 Å². The van der Waals surface area contributed by atoms with Crippen molar-refractivity contribution in [3.05, 3.63) is 407 Å². The van der Waals surface area contributed by atoms with Crippen molar-refractivity contribution in [2.24, 2.45) is 0 Å². The highest BCUT2D eigenvalue weighted by Gasteiger charge is 2.54. The van der Waals surface area contributed by atoms with Crippen LogP contribution in [0.3, 0.4) is 0 Å². The lowest BCUT2D eigenvalue weighted by atomic mass is 9.65. The quantitative estimate of drug-likeness (QED) is 0.141. The number of benzene rings is 15. The average molecular weight is 1390 g/mol. The standard InChI is InChI=1S/C101H64N6O2/c1-99(2)82-47-25-40-73(74-41-26-48-83-90(74)75-37-14-17-44-79(75)101(83)81-46-19-21-52-88(81)109-92-70(39-24-50-85(92)101)66-33-22-34-67(59-66)97-104-93(62-27-6-3-7-28-62)102-94(105-97)63-29-8-4-9-30-63)89(82)76-58-57-68(60-86(76)99)98-106-95(64-31-10-5-11-32-64)103-96(107-98)65-55-53-61(54-56-65)69-38-23-49-84-91(69)108-87-51-20-18-45-80(87)100(84)77-42-15-12-35-71(77)72-36-13-16-43-78(72)100/h3-60H,1-2H3. The second-order valence-corrected chi connectivity index (χ2v) is 29.4. The van der Waals surface area contributed by atoms with Crippen LogP contribution >= 0.6 is 0 Å². The van der Waals surface area contributed by atoms with Gasteiger partial charge in [-0.3, -0.25) is 0 Å². The van der Waals surface area contributed by atoms with Gasteiger partial charge in [0, 0.05) is 72.2 Å². The number of ether oxygens (including phenoxy) is 2. The molecule has 4 heterocycles. The highest BCUT2D eigenvalue weighted by molar-refractivity contribution is 6.03. The molecule has 2 spiro atoms. The highest BCUT2D eigenvalue weighted by atomic mass is 16.5. The van der Waals surface area contributed by atoms with Crippen molar-refractivity contribution in [3.63, 3.8) is 0 Å². The molecular weight excluding hydrogens is 1330 g/mol. The Kier molecular flexibility index (Phi) is 13.7. The van der Waals surface area contributed by atoms with Crippen LogP contribution in [0.25, 0.3) is 135 Å². The molecule has 0 amide bonds. The molecule has 8 heteroatoms. The first-order chi connectivity index (χ1) is 53.8. The zero-order valence-corrected chi connectivity index (χ0v) is 59.5. The molecule has 1 unspecified atom stereocenters. The van der Waals surface area contributed by atoms with Crippen molar-refractivity contribution >= 4 is 0 Å². The third kappa shape index (κ3) is 9.19. The molecule has 0 radical (unpaired) electrons. The van der Waals surface area contributed by atoms with Gasteiger partial charge in [-0.15, -0.1) is 0 Å². The van der Waals surface area contributed by atoms with E-state index >= 15 is 0 Å². The molecule has 3 aliphatic carbocycles. The van der Waals surface area contributed by atoms with Gasteiger partial charge < -0.3 is 9.47 Å². The van der Waals surface area contributed by atoms with Gasteiger partial charge in [0.05, 0.1) is 10.8 Å². The maximum atomic E-state index is 7.33. The Morgan fingerprint density at radius 1 is 0.193 bits per heavy atom. The summed E-state index contributed by atoms with van der Waals surface area (Å²) >= 11 is 0. The van der Waals surface area contributed by atoms with E-state index in [0.29, 0.717) is 34.9 Å². The van der Waals surface area contributed by atoms with Crippen LogP contribution in [-0.4, -0.2) is 29.9 Å². The maximum absolute atomic E-state index is 7.33. The molecule has 15 aromatic carbocycles. The van der Waals surface area contributed by atoms with Gasteiger partial charge in [-0.05, 0) is 113 Å². The Hall–Kier alpha value is -14.1. The first-order valence-electron chi connectivity index (χ1n) is 37.2. The fourth-order valence-electron chi connectivity index (χ4n) is 18.6. The van der Waals surface area contributed by atoms with E-state index in [1.807, 2.05) is 78.9 Å². The fraction of sp³-hybridized carbons (Fsp3) is 0.0495. The van der Waals surface area contributed by atoms with Gasteiger partial charge in [0.1, 0.15) is 23.0 Å². The predicted octanol–water partition coefficient (Wildman–Crippen LogP) is 24.3.